The van der Waals surface area contributed by atoms with Gasteiger partial charge in [-0.05, 0) is 24.6 Å². The summed E-state index contributed by atoms with van der Waals surface area (Å²) >= 11 is 0. The van der Waals surface area contributed by atoms with Crippen LogP contribution in [0.25, 0.3) is 0 Å². The molecule has 0 bridgehead atoms. The molecule has 1 aliphatic rings. The molecule has 2 aromatic rings. The van der Waals surface area contributed by atoms with Crippen molar-refractivity contribution < 1.29 is 4.74 Å². The van der Waals surface area contributed by atoms with Crippen molar-refractivity contribution in [1.29, 1.82) is 0 Å². The Morgan fingerprint density at radius 3 is 3.00 bits per heavy atom. The van der Waals surface area contributed by atoms with Crippen LogP contribution in [0.15, 0.2) is 29.6 Å². The third-order valence-electron chi connectivity index (χ3n) is 4.72. The van der Waals surface area contributed by atoms with E-state index in [9.17, 15) is 0 Å². The van der Waals surface area contributed by atoms with Crippen LogP contribution in [0, 0.1) is 0 Å². The lowest BCUT2D eigenvalue weighted by molar-refractivity contribution is 0.0529. The highest BCUT2D eigenvalue weighted by Gasteiger charge is 2.18. The van der Waals surface area contributed by atoms with Gasteiger partial charge in [-0.15, -0.1) is 34.2 Å². The largest absolute Gasteiger partial charge is 0.375 e. The van der Waals surface area contributed by atoms with Gasteiger partial charge in [0.05, 0.1) is 12.7 Å². The number of morpholine rings is 1. The van der Waals surface area contributed by atoms with E-state index in [1.54, 1.807) is 13.4 Å². The van der Waals surface area contributed by atoms with Crippen molar-refractivity contribution in [1.82, 2.24) is 30.4 Å². The molecule has 0 saturated carbocycles. The van der Waals surface area contributed by atoms with Gasteiger partial charge in [0, 0.05) is 52.4 Å². The molecule has 160 valence electrons. The number of hydrogen-bond donors (Lipinski definition) is 2. The number of ether oxygens (including phenoxy) is 1. The molecule has 1 fully saturated rings. The van der Waals surface area contributed by atoms with E-state index in [4.69, 9.17) is 4.74 Å². The molecule has 9 nitrogen and oxygen atoms in total. The van der Waals surface area contributed by atoms with E-state index < -0.39 is 0 Å². The standard InChI is InChI=1S/C19H30N8O.HI/c1-4-17-25-24-14-27(17)8-7-22-19(20-3)23-12-16-5-6-21-18(11-16)26-9-10-28-15(2)13-26;/h5-6,11,14-15H,4,7-10,12-13H2,1-3H3,(H2,20,22,23);1H. The zero-order valence-corrected chi connectivity index (χ0v) is 19.7. The van der Waals surface area contributed by atoms with Gasteiger partial charge in [-0.25, -0.2) is 4.98 Å². The van der Waals surface area contributed by atoms with Crippen LogP contribution in [0.2, 0.25) is 0 Å². The molecule has 1 atom stereocenters. The Balaban J connectivity index is 0.00000300. The summed E-state index contributed by atoms with van der Waals surface area (Å²) in [6, 6.07) is 4.15. The second-order valence-electron chi connectivity index (χ2n) is 6.80. The SMILES string of the molecule is CCc1nncn1CCNC(=NC)NCc1ccnc(N2CCOC(C)C2)c1.I. The van der Waals surface area contributed by atoms with Crippen molar-refractivity contribution in [2.75, 3.05) is 38.2 Å². The fourth-order valence-electron chi connectivity index (χ4n) is 3.21. The van der Waals surface area contributed by atoms with Crippen LogP contribution in [-0.4, -0.2) is 65.1 Å². The average molecular weight is 514 g/mol. The maximum atomic E-state index is 5.62. The van der Waals surface area contributed by atoms with E-state index in [0.29, 0.717) is 6.54 Å². The monoisotopic (exact) mass is 514 g/mol. The van der Waals surface area contributed by atoms with E-state index in [1.807, 2.05) is 12.3 Å². The van der Waals surface area contributed by atoms with Crippen molar-refractivity contribution >= 4 is 35.8 Å². The molecular weight excluding hydrogens is 483 g/mol. The van der Waals surface area contributed by atoms with Crippen LogP contribution in [-0.2, 0) is 24.2 Å². The molecule has 1 aliphatic heterocycles. The Labute approximate surface area is 189 Å². The predicted molar refractivity (Wildman–Crippen MR) is 125 cm³/mol. The summed E-state index contributed by atoms with van der Waals surface area (Å²) in [6.45, 7) is 8.89. The normalized spacial score (nSPS) is 17.0. The van der Waals surface area contributed by atoms with Crippen LogP contribution < -0.4 is 15.5 Å². The number of nitrogens with zero attached hydrogens (tertiary/aromatic N) is 6. The van der Waals surface area contributed by atoms with Gasteiger partial charge < -0.3 is 24.8 Å². The Morgan fingerprint density at radius 1 is 1.38 bits per heavy atom. The number of aliphatic imine (C=N–C) groups is 1. The zero-order chi connectivity index (χ0) is 19.8. The molecule has 0 amide bonds. The molecule has 0 aliphatic carbocycles. The lowest BCUT2D eigenvalue weighted by Gasteiger charge is -2.32. The quantitative estimate of drug-likeness (QED) is 0.328. The number of hydrogen-bond acceptors (Lipinski definition) is 6. The molecule has 0 aromatic carbocycles. The van der Waals surface area contributed by atoms with Gasteiger partial charge >= 0.3 is 0 Å². The first-order chi connectivity index (χ1) is 13.7. The molecule has 2 aromatic heterocycles. The minimum atomic E-state index is 0. The Bertz CT molecular complexity index is 781. The second kappa shape index (κ2) is 11.9. The number of anilines is 1. The molecular formula is C19H31IN8O. The van der Waals surface area contributed by atoms with Crippen molar-refractivity contribution in [3.8, 4) is 0 Å². The molecule has 3 rings (SSSR count). The first-order valence-corrected chi connectivity index (χ1v) is 9.82. The summed E-state index contributed by atoms with van der Waals surface area (Å²) in [5, 5.41) is 14.8. The van der Waals surface area contributed by atoms with Crippen LogP contribution in [0.4, 0.5) is 5.82 Å². The lowest BCUT2D eigenvalue weighted by Crippen LogP contribution is -2.41. The highest BCUT2D eigenvalue weighted by Crippen LogP contribution is 2.16. The summed E-state index contributed by atoms with van der Waals surface area (Å²) in [5.74, 6) is 2.76. The van der Waals surface area contributed by atoms with Crippen molar-refractivity contribution in [3.05, 3.63) is 36.0 Å². The third kappa shape index (κ3) is 6.81. The summed E-state index contributed by atoms with van der Waals surface area (Å²) in [5.41, 5.74) is 1.17. The van der Waals surface area contributed by atoms with E-state index in [-0.39, 0.29) is 30.1 Å². The Kier molecular flexibility index (Phi) is 9.58. The second-order valence-corrected chi connectivity index (χ2v) is 6.80. The minimum absolute atomic E-state index is 0. The van der Waals surface area contributed by atoms with E-state index in [1.165, 1.54) is 5.56 Å². The van der Waals surface area contributed by atoms with E-state index in [2.05, 4.69) is 60.2 Å². The molecule has 3 heterocycles. The fraction of sp³-hybridized carbons (Fsp3) is 0.579. The number of aryl methyl sites for hydroxylation is 1. The first-order valence-electron chi connectivity index (χ1n) is 9.82. The molecule has 0 radical (unpaired) electrons. The maximum absolute atomic E-state index is 5.62. The first kappa shape index (κ1) is 23.3. The summed E-state index contributed by atoms with van der Waals surface area (Å²) in [6.07, 6.45) is 4.74. The number of pyridine rings is 1. The number of aromatic nitrogens is 4. The Morgan fingerprint density at radius 2 is 2.24 bits per heavy atom. The summed E-state index contributed by atoms with van der Waals surface area (Å²) < 4.78 is 7.67. The average Bonchev–Trinajstić information content (AvgIpc) is 3.18. The highest BCUT2D eigenvalue weighted by atomic mass is 127. The lowest BCUT2D eigenvalue weighted by atomic mass is 10.2. The van der Waals surface area contributed by atoms with Gasteiger partial charge in [-0.3, -0.25) is 4.99 Å². The summed E-state index contributed by atoms with van der Waals surface area (Å²) in [4.78, 5) is 11.1. The smallest absolute Gasteiger partial charge is 0.191 e. The van der Waals surface area contributed by atoms with Gasteiger partial charge in [0.2, 0.25) is 0 Å². The number of rotatable bonds is 7. The topological polar surface area (TPSA) is 92.5 Å². The number of halogens is 1. The van der Waals surface area contributed by atoms with Crippen molar-refractivity contribution in [3.63, 3.8) is 0 Å². The molecule has 1 unspecified atom stereocenters. The summed E-state index contributed by atoms with van der Waals surface area (Å²) in [7, 11) is 1.78. The molecule has 29 heavy (non-hydrogen) atoms. The van der Waals surface area contributed by atoms with Gasteiger partial charge in [0.25, 0.3) is 0 Å². The van der Waals surface area contributed by atoms with Crippen LogP contribution in [0.3, 0.4) is 0 Å². The van der Waals surface area contributed by atoms with Crippen LogP contribution >= 0.6 is 24.0 Å². The third-order valence-corrected chi connectivity index (χ3v) is 4.72. The van der Waals surface area contributed by atoms with Crippen molar-refractivity contribution in [2.24, 2.45) is 4.99 Å². The Hall–Kier alpha value is -1.95. The van der Waals surface area contributed by atoms with E-state index >= 15 is 0 Å². The predicted octanol–water partition coefficient (Wildman–Crippen LogP) is 1.44. The molecule has 0 spiro atoms. The van der Waals surface area contributed by atoms with Crippen molar-refractivity contribution in [2.45, 2.75) is 39.5 Å². The zero-order valence-electron chi connectivity index (χ0n) is 17.3. The number of guanidine groups is 1. The molecule has 2 N–H and O–H groups in total. The fourth-order valence-corrected chi connectivity index (χ4v) is 3.21. The van der Waals surface area contributed by atoms with Crippen LogP contribution in [0.5, 0.6) is 0 Å². The maximum Gasteiger partial charge on any atom is 0.191 e. The van der Waals surface area contributed by atoms with Gasteiger partial charge in [-0.2, -0.15) is 0 Å². The molecule has 10 heteroatoms. The number of nitrogens with one attached hydrogen (secondary N) is 2. The van der Waals surface area contributed by atoms with Gasteiger partial charge in [-0.1, -0.05) is 6.92 Å². The van der Waals surface area contributed by atoms with Crippen LogP contribution in [0.1, 0.15) is 25.2 Å². The van der Waals surface area contributed by atoms with Gasteiger partial charge in [0.15, 0.2) is 5.96 Å². The highest BCUT2D eigenvalue weighted by molar-refractivity contribution is 14.0. The minimum Gasteiger partial charge on any atom is -0.375 e. The molecule has 1 saturated heterocycles. The van der Waals surface area contributed by atoms with Gasteiger partial charge in [0.1, 0.15) is 18.0 Å². The van der Waals surface area contributed by atoms with E-state index in [0.717, 1.165) is 56.8 Å².